The Morgan fingerprint density at radius 3 is 2.53 bits per heavy atom. The number of ketones is 1. The molecule has 0 fully saturated rings. The standard InChI is InChI=1S/C12H10BrNO3S2/c1-19(16,17)9-5-7(4-8(14)6-9)11(15)12-10(13)2-3-18-12/h2-6H,14H2,1H3. The van der Waals surface area contributed by atoms with Crippen LogP contribution in [0.3, 0.4) is 0 Å². The van der Waals surface area contributed by atoms with Crippen molar-refractivity contribution in [2.24, 2.45) is 0 Å². The van der Waals surface area contributed by atoms with Crippen LogP contribution in [0.25, 0.3) is 0 Å². The fraction of sp³-hybridized carbons (Fsp3) is 0.0833. The van der Waals surface area contributed by atoms with E-state index in [1.54, 1.807) is 11.4 Å². The Labute approximate surface area is 123 Å². The van der Waals surface area contributed by atoms with E-state index in [1.165, 1.54) is 29.5 Å². The van der Waals surface area contributed by atoms with E-state index in [2.05, 4.69) is 15.9 Å². The predicted octanol–water partition coefficient (Wildman–Crippen LogP) is 2.73. The quantitative estimate of drug-likeness (QED) is 0.675. The molecule has 0 atom stereocenters. The lowest BCUT2D eigenvalue weighted by Gasteiger charge is -2.05. The second-order valence-corrected chi connectivity index (χ2v) is 7.78. The van der Waals surface area contributed by atoms with Crippen molar-refractivity contribution < 1.29 is 13.2 Å². The van der Waals surface area contributed by atoms with E-state index in [1.807, 2.05) is 0 Å². The van der Waals surface area contributed by atoms with Gasteiger partial charge in [0.15, 0.2) is 9.84 Å². The Morgan fingerprint density at radius 2 is 2.00 bits per heavy atom. The summed E-state index contributed by atoms with van der Waals surface area (Å²) in [6.45, 7) is 0. The minimum atomic E-state index is -3.40. The molecule has 0 bridgehead atoms. The molecule has 2 aromatic rings. The van der Waals surface area contributed by atoms with Gasteiger partial charge in [-0.3, -0.25) is 4.79 Å². The van der Waals surface area contributed by atoms with E-state index in [-0.39, 0.29) is 21.9 Å². The molecule has 1 aromatic carbocycles. The van der Waals surface area contributed by atoms with Gasteiger partial charge in [-0.05, 0) is 45.6 Å². The fourth-order valence-corrected chi connectivity index (χ4v) is 3.76. The van der Waals surface area contributed by atoms with E-state index in [0.29, 0.717) is 9.35 Å². The van der Waals surface area contributed by atoms with Gasteiger partial charge in [0.25, 0.3) is 0 Å². The van der Waals surface area contributed by atoms with Gasteiger partial charge in [-0.2, -0.15) is 0 Å². The number of sulfone groups is 1. The Bertz CT molecular complexity index is 750. The third-order valence-corrected chi connectivity index (χ3v) is 5.37. The molecule has 2 rings (SSSR count). The molecule has 4 nitrogen and oxygen atoms in total. The molecule has 0 aliphatic heterocycles. The molecule has 2 N–H and O–H groups in total. The monoisotopic (exact) mass is 359 g/mol. The van der Waals surface area contributed by atoms with Crippen molar-refractivity contribution in [1.82, 2.24) is 0 Å². The topological polar surface area (TPSA) is 77.2 Å². The van der Waals surface area contributed by atoms with Crippen LogP contribution in [0.4, 0.5) is 5.69 Å². The lowest BCUT2D eigenvalue weighted by atomic mass is 10.1. The lowest BCUT2D eigenvalue weighted by Crippen LogP contribution is -2.05. The highest BCUT2D eigenvalue weighted by atomic mass is 79.9. The number of anilines is 1. The summed E-state index contributed by atoms with van der Waals surface area (Å²) in [5.41, 5.74) is 6.18. The van der Waals surface area contributed by atoms with Gasteiger partial charge in [0.1, 0.15) is 0 Å². The van der Waals surface area contributed by atoms with Gasteiger partial charge < -0.3 is 5.73 Å². The van der Waals surface area contributed by atoms with Gasteiger partial charge in [0, 0.05) is 22.0 Å². The number of nitrogen functional groups attached to an aromatic ring is 1. The molecule has 0 unspecified atom stereocenters. The second kappa shape index (κ2) is 5.07. The van der Waals surface area contributed by atoms with Crippen LogP contribution >= 0.6 is 27.3 Å². The van der Waals surface area contributed by atoms with Gasteiger partial charge in [0.05, 0.1) is 9.77 Å². The summed E-state index contributed by atoms with van der Waals surface area (Å²) in [5.74, 6) is -0.251. The lowest BCUT2D eigenvalue weighted by molar-refractivity contribution is 0.104. The molecule has 0 spiro atoms. The summed E-state index contributed by atoms with van der Waals surface area (Å²) in [6, 6.07) is 5.93. The highest BCUT2D eigenvalue weighted by molar-refractivity contribution is 9.10. The van der Waals surface area contributed by atoms with Crippen molar-refractivity contribution in [3.05, 3.63) is 44.6 Å². The first-order chi connectivity index (χ1) is 8.79. The van der Waals surface area contributed by atoms with Gasteiger partial charge >= 0.3 is 0 Å². The summed E-state index contributed by atoms with van der Waals surface area (Å²) < 4.78 is 23.8. The number of carbonyl (C=O) groups excluding carboxylic acids is 1. The number of benzene rings is 1. The molecular formula is C12H10BrNO3S2. The average Bonchev–Trinajstić information content (AvgIpc) is 2.72. The molecule has 0 radical (unpaired) electrons. The largest absolute Gasteiger partial charge is 0.399 e. The summed E-state index contributed by atoms with van der Waals surface area (Å²) in [7, 11) is -3.40. The Kier molecular flexibility index (Phi) is 3.80. The zero-order valence-electron chi connectivity index (χ0n) is 9.88. The van der Waals surface area contributed by atoms with Crippen molar-refractivity contribution >= 4 is 48.6 Å². The molecule has 0 saturated heterocycles. The van der Waals surface area contributed by atoms with Crippen molar-refractivity contribution in [2.45, 2.75) is 4.90 Å². The van der Waals surface area contributed by atoms with Crippen molar-refractivity contribution in [1.29, 1.82) is 0 Å². The van der Waals surface area contributed by atoms with Crippen LogP contribution in [0.15, 0.2) is 39.0 Å². The first-order valence-corrected chi connectivity index (χ1v) is 8.74. The van der Waals surface area contributed by atoms with E-state index >= 15 is 0 Å². The number of rotatable bonds is 3. The fourth-order valence-electron chi connectivity index (χ4n) is 1.55. The van der Waals surface area contributed by atoms with Crippen LogP contribution < -0.4 is 5.73 Å². The zero-order chi connectivity index (χ0) is 14.2. The first kappa shape index (κ1) is 14.2. The van der Waals surface area contributed by atoms with Gasteiger partial charge in [-0.15, -0.1) is 11.3 Å². The summed E-state index contributed by atoms with van der Waals surface area (Å²) in [4.78, 5) is 12.9. The zero-order valence-corrected chi connectivity index (χ0v) is 13.1. The summed E-state index contributed by atoms with van der Waals surface area (Å²) in [5, 5.41) is 1.78. The third kappa shape index (κ3) is 3.05. The number of nitrogens with two attached hydrogens (primary N) is 1. The number of halogens is 1. The maximum Gasteiger partial charge on any atom is 0.204 e. The molecule has 0 aliphatic carbocycles. The molecule has 0 aliphatic rings. The molecule has 1 aromatic heterocycles. The number of thiophene rings is 1. The SMILES string of the molecule is CS(=O)(=O)c1cc(N)cc(C(=O)c2sccc2Br)c1. The van der Waals surface area contributed by atoms with E-state index in [0.717, 1.165) is 6.26 Å². The van der Waals surface area contributed by atoms with Crippen LogP contribution in [0.2, 0.25) is 0 Å². The molecular weight excluding hydrogens is 350 g/mol. The minimum Gasteiger partial charge on any atom is -0.399 e. The number of hydrogen-bond donors (Lipinski definition) is 1. The molecule has 100 valence electrons. The van der Waals surface area contributed by atoms with E-state index in [9.17, 15) is 13.2 Å². The van der Waals surface area contributed by atoms with Gasteiger partial charge in [0.2, 0.25) is 5.78 Å². The van der Waals surface area contributed by atoms with Crippen LogP contribution in [0.1, 0.15) is 15.2 Å². The predicted molar refractivity (Wildman–Crippen MR) is 79.4 cm³/mol. The van der Waals surface area contributed by atoms with Crippen LogP contribution in [-0.2, 0) is 9.84 Å². The highest BCUT2D eigenvalue weighted by Gasteiger charge is 2.17. The maximum atomic E-state index is 12.3. The molecule has 1 heterocycles. The van der Waals surface area contributed by atoms with Crippen LogP contribution in [0, 0.1) is 0 Å². The van der Waals surface area contributed by atoms with Gasteiger partial charge in [-0.25, -0.2) is 8.42 Å². The Morgan fingerprint density at radius 1 is 1.32 bits per heavy atom. The van der Waals surface area contributed by atoms with Crippen molar-refractivity contribution in [3.63, 3.8) is 0 Å². The maximum absolute atomic E-state index is 12.3. The van der Waals surface area contributed by atoms with Crippen LogP contribution in [-0.4, -0.2) is 20.5 Å². The smallest absolute Gasteiger partial charge is 0.204 e. The van der Waals surface area contributed by atoms with E-state index in [4.69, 9.17) is 5.73 Å². The normalized spacial score (nSPS) is 11.5. The Hall–Kier alpha value is -1.18. The van der Waals surface area contributed by atoms with Crippen LogP contribution in [0.5, 0.6) is 0 Å². The molecule has 19 heavy (non-hydrogen) atoms. The first-order valence-electron chi connectivity index (χ1n) is 5.17. The van der Waals surface area contributed by atoms with Crippen molar-refractivity contribution in [2.75, 3.05) is 12.0 Å². The van der Waals surface area contributed by atoms with Gasteiger partial charge in [-0.1, -0.05) is 0 Å². The summed E-state index contributed by atoms with van der Waals surface area (Å²) in [6.07, 6.45) is 1.08. The molecule has 0 amide bonds. The Balaban J connectivity index is 2.55. The number of carbonyl (C=O) groups is 1. The minimum absolute atomic E-state index is 0.0449. The molecule has 0 saturated carbocycles. The number of hydrogen-bond acceptors (Lipinski definition) is 5. The highest BCUT2D eigenvalue weighted by Crippen LogP contribution is 2.27. The second-order valence-electron chi connectivity index (χ2n) is 3.99. The van der Waals surface area contributed by atoms with E-state index < -0.39 is 9.84 Å². The summed E-state index contributed by atoms with van der Waals surface area (Å²) >= 11 is 4.57. The average molecular weight is 360 g/mol. The third-order valence-electron chi connectivity index (χ3n) is 2.44. The molecule has 7 heteroatoms. The van der Waals surface area contributed by atoms with Crippen molar-refractivity contribution in [3.8, 4) is 0 Å².